The summed E-state index contributed by atoms with van der Waals surface area (Å²) >= 11 is 0. The maximum Gasteiger partial charge on any atom is 0.239 e. The van der Waals surface area contributed by atoms with Crippen molar-refractivity contribution in [1.29, 1.82) is 5.26 Å². The van der Waals surface area contributed by atoms with Crippen LogP contribution in [-0.2, 0) is 4.79 Å². The molecule has 1 aliphatic heterocycles. The molecule has 2 unspecified atom stereocenters. The number of rotatable bonds is 5. The zero-order valence-electron chi connectivity index (χ0n) is 12.7. The maximum absolute atomic E-state index is 12.1. The lowest BCUT2D eigenvalue weighted by atomic mass is 9.93. The highest BCUT2D eigenvalue weighted by atomic mass is 16.2. The lowest BCUT2D eigenvalue weighted by Crippen LogP contribution is -2.38. The molecule has 0 aliphatic carbocycles. The molecular weight excluding hydrogens is 238 g/mol. The number of likely N-dealkylation sites (tertiary alicyclic amines) is 1. The number of hydrogen-bond acceptors (Lipinski definition) is 3. The number of nitrogens with zero attached hydrogens (tertiary/aromatic N) is 3. The molecule has 0 aromatic carbocycles. The van der Waals surface area contributed by atoms with E-state index in [1.54, 1.807) is 4.90 Å². The standard InChI is InChI=1S/C15H27N3O/c1-12(2)14(10-16)15(19)18(4)9-7-13-6-5-8-17(3)11-13/h12-14H,5-9,11H2,1-4H3. The van der Waals surface area contributed by atoms with E-state index in [-0.39, 0.29) is 11.8 Å². The summed E-state index contributed by atoms with van der Waals surface area (Å²) in [5, 5.41) is 9.06. The summed E-state index contributed by atoms with van der Waals surface area (Å²) in [4.78, 5) is 16.2. The van der Waals surface area contributed by atoms with Gasteiger partial charge in [-0.3, -0.25) is 4.79 Å². The summed E-state index contributed by atoms with van der Waals surface area (Å²) < 4.78 is 0. The molecule has 4 nitrogen and oxygen atoms in total. The SMILES string of the molecule is CC(C)C(C#N)C(=O)N(C)CCC1CCCN(C)C1. The maximum atomic E-state index is 12.1. The van der Waals surface area contributed by atoms with E-state index in [0.29, 0.717) is 5.92 Å². The quantitative estimate of drug-likeness (QED) is 0.763. The van der Waals surface area contributed by atoms with Crippen LogP contribution in [0.25, 0.3) is 0 Å². The van der Waals surface area contributed by atoms with Crippen molar-refractivity contribution >= 4 is 5.91 Å². The van der Waals surface area contributed by atoms with Crippen LogP contribution in [0, 0.1) is 29.1 Å². The average molecular weight is 265 g/mol. The van der Waals surface area contributed by atoms with Crippen molar-refractivity contribution < 1.29 is 4.79 Å². The van der Waals surface area contributed by atoms with Crippen LogP contribution in [-0.4, -0.2) is 49.4 Å². The smallest absolute Gasteiger partial charge is 0.239 e. The molecule has 1 aliphatic rings. The average Bonchev–Trinajstić information content (AvgIpc) is 2.36. The first kappa shape index (κ1) is 16.0. The van der Waals surface area contributed by atoms with Gasteiger partial charge in [0.1, 0.15) is 5.92 Å². The molecule has 0 aromatic rings. The number of hydrogen-bond donors (Lipinski definition) is 0. The Morgan fingerprint density at radius 3 is 2.74 bits per heavy atom. The third-order valence-corrected chi connectivity index (χ3v) is 4.04. The molecule has 0 radical (unpaired) electrons. The van der Waals surface area contributed by atoms with Crippen molar-refractivity contribution in [3.63, 3.8) is 0 Å². The van der Waals surface area contributed by atoms with E-state index in [0.717, 1.165) is 19.5 Å². The van der Waals surface area contributed by atoms with E-state index in [4.69, 9.17) is 5.26 Å². The molecule has 0 spiro atoms. The molecule has 108 valence electrons. The summed E-state index contributed by atoms with van der Waals surface area (Å²) in [6.07, 6.45) is 3.56. The zero-order valence-corrected chi connectivity index (χ0v) is 12.7. The number of carbonyl (C=O) groups is 1. The van der Waals surface area contributed by atoms with Crippen molar-refractivity contribution in [2.75, 3.05) is 33.7 Å². The molecule has 0 saturated carbocycles. The summed E-state index contributed by atoms with van der Waals surface area (Å²) in [6.45, 7) is 6.94. The van der Waals surface area contributed by atoms with Gasteiger partial charge in [0.2, 0.25) is 5.91 Å². The molecule has 1 amide bonds. The second kappa shape index (κ2) is 7.49. The highest BCUT2D eigenvalue weighted by molar-refractivity contribution is 5.81. The predicted molar refractivity (Wildman–Crippen MR) is 76.4 cm³/mol. The molecule has 4 heteroatoms. The third kappa shape index (κ3) is 4.83. The van der Waals surface area contributed by atoms with Gasteiger partial charge in [0.25, 0.3) is 0 Å². The third-order valence-electron chi connectivity index (χ3n) is 4.04. The minimum atomic E-state index is -0.501. The lowest BCUT2D eigenvalue weighted by molar-refractivity contribution is -0.133. The summed E-state index contributed by atoms with van der Waals surface area (Å²) in [5.41, 5.74) is 0. The second-order valence-corrected chi connectivity index (χ2v) is 6.17. The van der Waals surface area contributed by atoms with Crippen molar-refractivity contribution in [3.8, 4) is 6.07 Å². The van der Waals surface area contributed by atoms with E-state index >= 15 is 0 Å². The van der Waals surface area contributed by atoms with Gasteiger partial charge in [-0.2, -0.15) is 5.26 Å². The Morgan fingerprint density at radius 1 is 1.53 bits per heavy atom. The Morgan fingerprint density at radius 2 is 2.21 bits per heavy atom. The van der Waals surface area contributed by atoms with E-state index < -0.39 is 5.92 Å². The largest absolute Gasteiger partial charge is 0.345 e. The van der Waals surface area contributed by atoms with Crippen molar-refractivity contribution in [1.82, 2.24) is 9.80 Å². The second-order valence-electron chi connectivity index (χ2n) is 6.17. The van der Waals surface area contributed by atoms with E-state index in [9.17, 15) is 4.79 Å². The van der Waals surface area contributed by atoms with Crippen LogP contribution >= 0.6 is 0 Å². The number of piperidine rings is 1. The Labute approximate surface area is 117 Å². The minimum absolute atomic E-state index is 0.0262. The van der Waals surface area contributed by atoms with E-state index in [1.165, 1.54) is 19.4 Å². The molecule has 19 heavy (non-hydrogen) atoms. The molecule has 0 N–H and O–H groups in total. The Hall–Kier alpha value is -1.08. The highest BCUT2D eigenvalue weighted by Crippen LogP contribution is 2.19. The number of carbonyl (C=O) groups excluding carboxylic acids is 1. The van der Waals surface area contributed by atoms with Gasteiger partial charge in [-0.15, -0.1) is 0 Å². The minimum Gasteiger partial charge on any atom is -0.345 e. The van der Waals surface area contributed by atoms with Gasteiger partial charge >= 0.3 is 0 Å². The summed E-state index contributed by atoms with van der Waals surface area (Å²) in [5.74, 6) is 0.245. The van der Waals surface area contributed by atoms with Crippen molar-refractivity contribution in [2.24, 2.45) is 17.8 Å². The Bertz CT molecular complexity index is 335. The summed E-state index contributed by atoms with van der Waals surface area (Å²) in [6, 6.07) is 2.13. The first-order chi connectivity index (χ1) is 8.95. The first-order valence-corrected chi connectivity index (χ1v) is 7.28. The monoisotopic (exact) mass is 265 g/mol. The van der Waals surface area contributed by atoms with Crippen LogP contribution in [0.15, 0.2) is 0 Å². The van der Waals surface area contributed by atoms with E-state index in [2.05, 4.69) is 18.0 Å². The number of nitriles is 1. The zero-order chi connectivity index (χ0) is 14.4. The van der Waals surface area contributed by atoms with Gasteiger partial charge in [0.15, 0.2) is 0 Å². The predicted octanol–water partition coefficient (Wildman–Crippen LogP) is 1.97. The fourth-order valence-corrected chi connectivity index (χ4v) is 2.72. The summed E-state index contributed by atoms with van der Waals surface area (Å²) in [7, 11) is 3.98. The van der Waals surface area contributed by atoms with Crippen LogP contribution in [0.1, 0.15) is 33.1 Å². The Kier molecular flexibility index (Phi) is 6.30. The van der Waals surface area contributed by atoms with Crippen LogP contribution in [0.3, 0.4) is 0 Å². The molecule has 1 heterocycles. The fourth-order valence-electron chi connectivity index (χ4n) is 2.72. The topological polar surface area (TPSA) is 47.3 Å². The molecule has 1 saturated heterocycles. The van der Waals surface area contributed by atoms with Gasteiger partial charge in [-0.05, 0) is 44.7 Å². The van der Waals surface area contributed by atoms with Gasteiger partial charge in [0.05, 0.1) is 6.07 Å². The van der Waals surface area contributed by atoms with Gasteiger partial charge in [0, 0.05) is 20.1 Å². The van der Waals surface area contributed by atoms with Crippen LogP contribution in [0.4, 0.5) is 0 Å². The van der Waals surface area contributed by atoms with Crippen LogP contribution in [0.2, 0.25) is 0 Å². The van der Waals surface area contributed by atoms with Crippen LogP contribution < -0.4 is 0 Å². The fraction of sp³-hybridized carbons (Fsp3) is 0.867. The molecule has 1 rings (SSSR count). The van der Waals surface area contributed by atoms with Crippen molar-refractivity contribution in [2.45, 2.75) is 33.1 Å². The van der Waals surface area contributed by atoms with Gasteiger partial charge in [-0.25, -0.2) is 0 Å². The molecule has 0 bridgehead atoms. The first-order valence-electron chi connectivity index (χ1n) is 7.28. The highest BCUT2D eigenvalue weighted by Gasteiger charge is 2.25. The van der Waals surface area contributed by atoms with E-state index in [1.807, 2.05) is 20.9 Å². The normalized spacial score (nSPS) is 22.0. The molecule has 2 atom stereocenters. The number of amides is 1. The Balaban J connectivity index is 2.40. The molecule has 1 fully saturated rings. The van der Waals surface area contributed by atoms with Crippen molar-refractivity contribution in [3.05, 3.63) is 0 Å². The molecular formula is C15H27N3O. The lowest BCUT2D eigenvalue weighted by Gasteiger charge is -2.31. The van der Waals surface area contributed by atoms with Gasteiger partial charge in [-0.1, -0.05) is 13.8 Å². The van der Waals surface area contributed by atoms with Gasteiger partial charge < -0.3 is 9.80 Å². The van der Waals surface area contributed by atoms with Crippen LogP contribution in [0.5, 0.6) is 0 Å². The molecule has 0 aromatic heterocycles.